The number of hydrogen-bond acceptors (Lipinski definition) is 1. The summed E-state index contributed by atoms with van der Waals surface area (Å²) < 4.78 is 0. The molecule has 15 heavy (non-hydrogen) atoms. The highest BCUT2D eigenvalue weighted by molar-refractivity contribution is 6.00. The van der Waals surface area contributed by atoms with Crippen molar-refractivity contribution >= 4 is 16.7 Å². The lowest BCUT2D eigenvalue weighted by Crippen LogP contribution is -2.10. The molecule has 0 radical (unpaired) electrons. The highest BCUT2D eigenvalue weighted by atomic mass is 16.1. The lowest BCUT2D eigenvalue weighted by Gasteiger charge is -2.04. The molecule has 0 aliphatic heterocycles. The van der Waals surface area contributed by atoms with E-state index in [0.717, 1.165) is 23.0 Å². The Labute approximate surface area is 90.8 Å². The van der Waals surface area contributed by atoms with Crippen molar-refractivity contribution in [1.29, 1.82) is 0 Å². The molecule has 1 aromatic carbocycles. The maximum atomic E-state index is 11.9. The molecule has 0 spiro atoms. The van der Waals surface area contributed by atoms with E-state index >= 15 is 0 Å². The number of rotatable bonds is 3. The van der Waals surface area contributed by atoms with Crippen LogP contribution in [0.3, 0.4) is 0 Å². The van der Waals surface area contributed by atoms with E-state index in [0.29, 0.717) is 0 Å². The zero-order chi connectivity index (χ0) is 10.8. The van der Waals surface area contributed by atoms with Gasteiger partial charge in [-0.3, -0.25) is 4.79 Å². The number of aromatic amines is 1. The largest absolute Gasteiger partial charge is 0.352 e. The zero-order valence-electron chi connectivity index (χ0n) is 9.08. The second kappa shape index (κ2) is 3.89. The molecule has 0 bridgehead atoms. The van der Waals surface area contributed by atoms with Crippen LogP contribution < -0.4 is 0 Å². The summed E-state index contributed by atoms with van der Waals surface area (Å²) in [4.78, 5) is 15.1. The van der Waals surface area contributed by atoms with Crippen LogP contribution in [0.5, 0.6) is 0 Å². The van der Waals surface area contributed by atoms with Gasteiger partial charge in [-0.25, -0.2) is 0 Å². The number of carbonyl (C=O) groups is 1. The van der Waals surface area contributed by atoms with Gasteiger partial charge >= 0.3 is 0 Å². The van der Waals surface area contributed by atoms with Crippen molar-refractivity contribution in [3.8, 4) is 0 Å². The molecule has 0 amide bonds. The van der Waals surface area contributed by atoms with E-state index in [-0.39, 0.29) is 13.1 Å². The molecular weight excluding hydrogens is 186 g/mol. The average Bonchev–Trinajstić information content (AvgIpc) is 2.70. The predicted octanol–water partition coefficient (Wildman–Crippen LogP) is 3.64. The first kappa shape index (κ1) is 9.97. The van der Waals surface area contributed by atoms with Gasteiger partial charge in [-0.05, 0) is 18.6 Å². The van der Waals surface area contributed by atoms with Crippen molar-refractivity contribution in [2.45, 2.75) is 20.3 Å². The summed E-state index contributed by atoms with van der Waals surface area (Å²) in [6, 6.07) is 9.88. The Hall–Kier alpha value is -1.57. The number of hydrogen-bond donors (Lipinski definition) is 1. The van der Waals surface area contributed by atoms with Gasteiger partial charge < -0.3 is 4.98 Å². The average molecular weight is 203 g/mol. The number of benzene rings is 1. The van der Waals surface area contributed by atoms with Crippen LogP contribution in [-0.2, 0) is 0 Å². The highest BCUT2D eigenvalue weighted by Crippen LogP contribution is 2.18. The van der Waals surface area contributed by atoms with Crippen LogP contribution in [0.15, 0.2) is 30.3 Å². The van der Waals surface area contributed by atoms with Gasteiger partial charge in [0.05, 0.1) is 5.69 Å². The van der Waals surface area contributed by atoms with Gasteiger partial charge in [0.2, 0.25) is 0 Å². The number of H-pyrrole nitrogens is 1. The Balaban J connectivity index is 0.00000128. The van der Waals surface area contributed by atoms with Crippen molar-refractivity contribution in [2.24, 2.45) is 5.92 Å². The summed E-state index contributed by atoms with van der Waals surface area (Å²) in [7, 11) is 0. The van der Waals surface area contributed by atoms with E-state index in [9.17, 15) is 4.79 Å². The van der Waals surface area contributed by atoms with Gasteiger partial charge in [0.15, 0.2) is 5.78 Å². The monoisotopic (exact) mass is 203 g/mol. The van der Waals surface area contributed by atoms with Crippen LogP contribution in [0.1, 0.15) is 32.2 Å². The quantitative estimate of drug-likeness (QED) is 0.759. The zero-order valence-corrected chi connectivity index (χ0v) is 9.08. The Bertz CT molecular complexity index is 456. The summed E-state index contributed by atoms with van der Waals surface area (Å²) >= 11 is 0. The van der Waals surface area contributed by atoms with Crippen molar-refractivity contribution in [3.63, 3.8) is 0 Å². The molecule has 0 saturated heterocycles. The maximum Gasteiger partial charge on any atom is 0.181 e. The fourth-order valence-electron chi connectivity index (χ4n) is 1.66. The van der Waals surface area contributed by atoms with Crippen LogP contribution in [-0.4, -0.2) is 10.8 Å². The van der Waals surface area contributed by atoms with E-state index in [2.05, 4.69) is 4.98 Å². The number of nitrogens with one attached hydrogen (secondary N) is 1. The lowest BCUT2D eigenvalue weighted by atomic mass is 10.0. The standard InChI is InChI=1S/C13H15NO.H2/c1-3-9(2)13(15)12-8-10-6-4-5-7-11(10)14-12;/h4-9,14H,3H2,1-2H3;1H. The topological polar surface area (TPSA) is 32.9 Å². The molecule has 2 aromatic rings. The number of aromatic nitrogens is 1. The molecule has 1 unspecified atom stereocenters. The number of para-hydroxylation sites is 1. The Kier molecular flexibility index (Phi) is 2.58. The molecule has 1 N–H and O–H groups in total. The summed E-state index contributed by atoms with van der Waals surface area (Å²) in [5, 5.41) is 1.10. The predicted molar refractivity (Wildman–Crippen MR) is 64.2 cm³/mol. The first-order valence-corrected chi connectivity index (χ1v) is 5.34. The summed E-state index contributed by atoms with van der Waals surface area (Å²) in [5.74, 6) is 0.298. The number of fused-ring (bicyclic) bond motifs is 1. The molecule has 2 heteroatoms. The highest BCUT2D eigenvalue weighted by Gasteiger charge is 2.14. The lowest BCUT2D eigenvalue weighted by molar-refractivity contribution is 0.0923. The Morgan fingerprint density at radius 3 is 2.87 bits per heavy atom. The fraction of sp³-hybridized carbons (Fsp3) is 0.308. The SMILES string of the molecule is CCC(C)C(=O)c1cc2ccccc2[nH]1.[HH]. The molecule has 1 heterocycles. The molecule has 2 rings (SSSR count). The molecule has 80 valence electrons. The van der Waals surface area contributed by atoms with Gasteiger partial charge in [-0.1, -0.05) is 32.0 Å². The van der Waals surface area contributed by atoms with Crippen molar-refractivity contribution in [3.05, 3.63) is 36.0 Å². The van der Waals surface area contributed by atoms with Crippen molar-refractivity contribution in [1.82, 2.24) is 4.98 Å². The van der Waals surface area contributed by atoms with Crippen LogP contribution in [0, 0.1) is 5.92 Å². The van der Waals surface area contributed by atoms with E-state index in [1.54, 1.807) is 0 Å². The third-order valence-corrected chi connectivity index (χ3v) is 2.86. The van der Waals surface area contributed by atoms with Crippen molar-refractivity contribution in [2.75, 3.05) is 0 Å². The molecule has 1 aromatic heterocycles. The molecule has 0 fully saturated rings. The number of carbonyl (C=O) groups excluding carboxylic acids is 1. The number of ketones is 1. The maximum absolute atomic E-state index is 11.9. The van der Waals surface area contributed by atoms with Gasteiger partial charge in [0, 0.05) is 18.2 Å². The van der Waals surface area contributed by atoms with Gasteiger partial charge in [0.1, 0.15) is 0 Å². The van der Waals surface area contributed by atoms with Crippen LogP contribution >= 0.6 is 0 Å². The minimum Gasteiger partial charge on any atom is -0.352 e. The third kappa shape index (κ3) is 1.80. The second-order valence-corrected chi connectivity index (χ2v) is 3.94. The molecule has 0 saturated carbocycles. The van der Waals surface area contributed by atoms with Crippen LogP contribution in [0.4, 0.5) is 0 Å². The van der Waals surface area contributed by atoms with Gasteiger partial charge in [-0.2, -0.15) is 0 Å². The van der Waals surface area contributed by atoms with Crippen LogP contribution in [0.25, 0.3) is 10.9 Å². The van der Waals surface area contributed by atoms with E-state index in [1.807, 2.05) is 44.2 Å². The molecule has 0 aliphatic rings. The minimum absolute atomic E-state index is 0. The third-order valence-electron chi connectivity index (χ3n) is 2.86. The van der Waals surface area contributed by atoms with Crippen molar-refractivity contribution < 1.29 is 6.22 Å². The second-order valence-electron chi connectivity index (χ2n) is 3.94. The fourth-order valence-corrected chi connectivity index (χ4v) is 1.66. The van der Waals surface area contributed by atoms with E-state index in [4.69, 9.17) is 0 Å². The molecule has 0 aliphatic carbocycles. The van der Waals surface area contributed by atoms with Crippen LogP contribution in [0.2, 0.25) is 0 Å². The first-order chi connectivity index (χ1) is 7.22. The normalized spacial score (nSPS) is 12.9. The minimum atomic E-state index is 0. The molecule has 2 nitrogen and oxygen atoms in total. The molecular formula is C13H17NO. The summed E-state index contributed by atoms with van der Waals surface area (Å²) in [6.45, 7) is 4.00. The molecule has 1 atom stereocenters. The Morgan fingerprint density at radius 1 is 1.47 bits per heavy atom. The first-order valence-electron chi connectivity index (χ1n) is 5.34. The van der Waals surface area contributed by atoms with E-state index in [1.165, 1.54) is 0 Å². The van der Waals surface area contributed by atoms with E-state index < -0.39 is 0 Å². The summed E-state index contributed by atoms with van der Waals surface area (Å²) in [6.07, 6.45) is 0.883. The number of Topliss-reactive ketones (excluding diaryl/α,β-unsaturated/α-hetero) is 1. The summed E-state index contributed by atoms with van der Waals surface area (Å²) in [5.41, 5.74) is 1.76. The smallest absolute Gasteiger partial charge is 0.181 e. The van der Waals surface area contributed by atoms with Gasteiger partial charge in [-0.15, -0.1) is 0 Å². The van der Waals surface area contributed by atoms with Gasteiger partial charge in [0.25, 0.3) is 0 Å². The Morgan fingerprint density at radius 2 is 2.20 bits per heavy atom.